The van der Waals surface area contributed by atoms with E-state index < -0.39 is 11.6 Å². The number of rotatable bonds is 1. The van der Waals surface area contributed by atoms with E-state index in [2.05, 4.69) is 5.10 Å². The zero-order valence-corrected chi connectivity index (χ0v) is 8.31. The van der Waals surface area contributed by atoms with Gasteiger partial charge in [0.05, 0.1) is 5.56 Å². The first-order valence-corrected chi connectivity index (χ1v) is 4.57. The number of nitrogen functional groups attached to an aromatic ring is 1. The van der Waals surface area contributed by atoms with Gasteiger partial charge in [0.15, 0.2) is 0 Å². The van der Waals surface area contributed by atoms with E-state index >= 15 is 0 Å². The van der Waals surface area contributed by atoms with Crippen LogP contribution in [0.2, 0.25) is 0 Å². The number of nitrogens with two attached hydrogens (primary N) is 2. The molecular weight excluding hydrogens is 208 g/mol. The third-order valence-corrected chi connectivity index (χ3v) is 2.22. The Hall–Kier alpha value is -2.50. The van der Waals surface area contributed by atoms with Crippen LogP contribution in [0, 0.1) is 0 Å². The van der Waals surface area contributed by atoms with Gasteiger partial charge in [-0.2, -0.15) is 4.68 Å². The molecule has 6 heteroatoms. The van der Waals surface area contributed by atoms with Crippen LogP contribution in [0.3, 0.4) is 0 Å². The number of aromatic nitrogens is 2. The first kappa shape index (κ1) is 10.0. The summed E-state index contributed by atoms with van der Waals surface area (Å²) in [6.45, 7) is 0. The quantitative estimate of drug-likeness (QED) is 0.642. The second kappa shape index (κ2) is 3.58. The van der Waals surface area contributed by atoms with E-state index in [0.717, 1.165) is 4.68 Å². The average molecular weight is 218 g/mol. The minimum Gasteiger partial charge on any atom is -0.383 e. The first-order chi connectivity index (χ1) is 7.61. The normalized spacial score (nSPS) is 10.2. The van der Waals surface area contributed by atoms with Crippen molar-refractivity contribution in [1.82, 2.24) is 9.78 Å². The molecule has 1 heterocycles. The van der Waals surface area contributed by atoms with Gasteiger partial charge in [0.25, 0.3) is 5.56 Å². The van der Waals surface area contributed by atoms with E-state index in [1.807, 2.05) is 6.07 Å². The Balaban J connectivity index is 2.68. The number of carbonyl (C=O) groups is 1. The van der Waals surface area contributed by atoms with Gasteiger partial charge in [-0.05, 0) is 5.56 Å². The Bertz CT molecular complexity index is 583. The number of nitrogens with zero attached hydrogens (tertiary/aromatic N) is 1. The summed E-state index contributed by atoms with van der Waals surface area (Å²) in [5.74, 6) is 0.0173. The van der Waals surface area contributed by atoms with E-state index in [-0.39, 0.29) is 11.4 Å². The number of amides is 1. The molecule has 0 aliphatic rings. The lowest BCUT2D eigenvalue weighted by Gasteiger charge is -2.00. The predicted molar refractivity (Wildman–Crippen MR) is 59.9 cm³/mol. The molecule has 0 atom stereocenters. The molecule has 0 saturated heterocycles. The lowest BCUT2D eigenvalue weighted by molar-refractivity contribution is 0.248. The van der Waals surface area contributed by atoms with Crippen molar-refractivity contribution in [2.24, 2.45) is 5.73 Å². The zero-order chi connectivity index (χ0) is 11.7. The van der Waals surface area contributed by atoms with Gasteiger partial charge in [-0.15, -0.1) is 0 Å². The third-order valence-electron chi connectivity index (χ3n) is 2.22. The van der Waals surface area contributed by atoms with Gasteiger partial charge in [-0.3, -0.25) is 9.89 Å². The summed E-state index contributed by atoms with van der Waals surface area (Å²) in [5, 5.41) is 2.27. The van der Waals surface area contributed by atoms with Crippen LogP contribution in [0.25, 0.3) is 11.1 Å². The summed E-state index contributed by atoms with van der Waals surface area (Å²) in [4.78, 5) is 22.6. The fourth-order valence-electron chi connectivity index (χ4n) is 1.50. The number of anilines is 1. The number of H-pyrrole nitrogens is 1. The molecule has 5 N–H and O–H groups in total. The molecule has 0 bridgehead atoms. The Kier molecular flexibility index (Phi) is 2.24. The van der Waals surface area contributed by atoms with Crippen molar-refractivity contribution >= 4 is 11.8 Å². The number of aromatic amines is 1. The third kappa shape index (κ3) is 1.46. The molecule has 0 radical (unpaired) electrons. The number of primary amides is 1. The molecule has 6 nitrogen and oxygen atoms in total. The Morgan fingerprint density at radius 2 is 1.88 bits per heavy atom. The summed E-state index contributed by atoms with van der Waals surface area (Å²) in [5.41, 5.74) is 11.2. The van der Waals surface area contributed by atoms with Crippen LogP contribution in [0.4, 0.5) is 10.6 Å². The molecular formula is C10H10N4O2. The Labute approximate surface area is 90.5 Å². The van der Waals surface area contributed by atoms with Crippen molar-refractivity contribution in [3.63, 3.8) is 0 Å². The van der Waals surface area contributed by atoms with Gasteiger partial charge in [0.2, 0.25) is 0 Å². The molecule has 2 aromatic rings. The fraction of sp³-hybridized carbons (Fsp3) is 0. The predicted octanol–water partition coefficient (Wildman–Crippen LogP) is 0.352. The van der Waals surface area contributed by atoms with Crippen LogP contribution < -0.4 is 17.0 Å². The zero-order valence-electron chi connectivity index (χ0n) is 8.31. The molecule has 0 spiro atoms. The molecule has 1 aromatic heterocycles. The van der Waals surface area contributed by atoms with Gasteiger partial charge in [0, 0.05) is 0 Å². The van der Waals surface area contributed by atoms with Crippen LogP contribution in [-0.4, -0.2) is 15.8 Å². The van der Waals surface area contributed by atoms with Gasteiger partial charge in [-0.1, -0.05) is 30.3 Å². The summed E-state index contributed by atoms with van der Waals surface area (Å²) in [6, 6.07) is 8.00. The average Bonchev–Trinajstić information content (AvgIpc) is 2.56. The second-order valence-electron chi connectivity index (χ2n) is 3.24. The van der Waals surface area contributed by atoms with Crippen molar-refractivity contribution < 1.29 is 4.79 Å². The monoisotopic (exact) mass is 218 g/mol. The smallest absolute Gasteiger partial charge is 0.339 e. The first-order valence-electron chi connectivity index (χ1n) is 4.57. The molecule has 1 amide bonds. The summed E-state index contributed by atoms with van der Waals surface area (Å²) in [7, 11) is 0. The lowest BCUT2D eigenvalue weighted by Crippen LogP contribution is -2.23. The number of hydrogen-bond acceptors (Lipinski definition) is 3. The van der Waals surface area contributed by atoms with Crippen molar-refractivity contribution in [2.45, 2.75) is 0 Å². The van der Waals surface area contributed by atoms with Gasteiger partial charge in [-0.25, -0.2) is 4.79 Å². The maximum absolute atomic E-state index is 11.6. The SMILES string of the molecule is NC(=O)n1[nH]c(=O)c(-c2ccccc2)c1N. The van der Waals surface area contributed by atoms with Crippen molar-refractivity contribution in [3.05, 3.63) is 40.7 Å². The molecule has 0 fully saturated rings. The van der Waals surface area contributed by atoms with E-state index in [0.29, 0.717) is 5.56 Å². The minimum absolute atomic E-state index is 0.0173. The van der Waals surface area contributed by atoms with E-state index in [1.165, 1.54) is 0 Å². The van der Waals surface area contributed by atoms with Crippen LogP contribution in [-0.2, 0) is 0 Å². The second-order valence-corrected chi connectivity index (χ2v) is 3.24. The van der Waals surface area contributed by atoms with E-state index in [1.54, 1.807) is 24.3 Å². The van der Waals surface area contributed by atoms with Gasteiger partial charge < -0.3 is 11.5 Å². The van der Waals surface area contributed by atoms with Crippen LogP contribution in [0.15, 0.2) is 35.1 Å². The standard InChI is InChI=1S/C10H10N4O2/c11-8-7(6-4-2-1-3-5-6)9(15)13-14(8)10(12)16/h1-5H,11H2,(H2,12,16)(H,13,15). The summed E-state index contributed by atoms with van der Waals surface area (Å²) < 4.78 is 0.824. The molecule has 0 aliphatic carbocycles. The molecule has 0 saturated carbocycles. The van der Waals surface area contributed by atoms with Gasteiger partial charge in [0.1, 0.15) is 5.82 Å². The Morgan fingerprint density at radius 3 is 2.38 bits per heavy atom. The molecule has 0 aliphatic heterocycles. The van der Waals surface area contributed by atoms with E-state index in [9.17, 15) is 9.59 Å². The topological polar surface area (TPSA) is 107 Å². The maximum Gasteiger partial charge on any atom is 0.339 e. The number of nitrogens with one attached hydrogen (secondary N) is 1. The highest BCUT2D eigenvalue weighted by molar-refractivity contribution is 5.83. The van der Waals surface area contributed by atoms with E-state index in [4.69, 9.17) is 11.5 Å². The molecule has 0 unspecified atom stereocenters. The van der Waals surface area contributed by atoms with Crippen LogP contribution in [0.5, 0.6) is 0 Å². The maximum atomic E-state index is 11.6. The summed E-state index contributed by atoms with van der Waals surface area (Å²) >= 11 is 0. The van der Waals surface area contributed by atoms with Crippen molar-refractivity contribution in [2.75, 3.05) is 5.73 Å². The lowest BCUT2D eigenvalue weighted by atomic mass is 10.1. The summed E-state index contributed by atoms with van der Waals surface area (Å²) in [6.07, 6.45) is 0. The molecule has 2 rings (SSSR count). The van der Waals surface area contributed by atoms with Gasteiger partial charge >= 0.3 is 6.03 Å². The van der Waals surface area contributed by atoms with Crippen LogP contribution in [0.1, 0.15) is 0 Å². The highest BCUT2D eigenvalue weighted by Gasteiger charge is 2.15. The minimum atomic E-state index is -0.822. The van der Waals surface area contributed by atoms with Crippen molar-refractivity contribution in [1.29, 1.82) is 0 Å². The highest BCUT2D eigenvalue weighted by Crippen LogP contribution is 2.20. The number of benzene rings is 1. The highest BCUT2D eigenvalue weighted by atomic mass is 16.2. The largest absolute Gasteiger partial charge is 0.383 e. The van der Waals surface area contributed by atoms with Crippen LogP contribution >= 0.6 is 0 Å². The molecule has 16 heavy (non-hydrogen) atoms. The molecule has 1 aromatic carbocycles. The number of carbonyl (C=O) groups excluding carboxylic acids is 1. The molecule has 82 valence electrons. The van der Waals surface area contributed by atoms with Crippen molar-refractivity contribution in [3.8, 4) is 11.1 Å². The fourth-order valence-corrected chi connectivity index (χ4v) is 1.50. The number of hydrogen-bond donors (Lipinski definition) is 3. The Morgan fingerprint density at radius 1 is 1.25 bits per heavy atom.